The average Bonchev–Trinajstić information content (AvgIpc) is 2.77. The van der Waals surface area contributed by atoms with Crippen LogP contribution in [0.1, 0.15) is 27.8 Å². The number of carbonyl (C=O) groups is 1. The van der Waals surface area contributed by atoms with E-state index in [1.807, 2.05) is 0 Å². The van der Waals surface area contributed by atoms with Crippen molar-refractivity contribution in [2.24, 2.45) is 0 Å². The Hall–Kier alpha value is -1.49. The Morgan fingerprint density at radius 2 is 2.00 bits per heavy atom. The maximum Gasteiger partial charge on any atom is 0.339 e. The van der Waals surface area contributed by atoms with Crippen LogP contribution in [0.2, 0.25) is 10.0 Å². The topological polar surface area (TPSA) is 70.7 Å². The predicted octanol–water partition coefficient (Wildman–Crippen LogP) is 3.37. The number of carboxylic acid groups (broad SMARTS) is 1. The molecule has 0 radical (unpaired) electrons. The highest BCUT2D eigenvalue weighted by atomic mass is 35.5. The highest BCUT2D eigenvalue weighted by molar-refractivity contribution is 6.35. The van der Waals surface area contributed by atoms with Crippen molar-refractivity contribution < 1.29 is 19.4 Å². The highest BCUT2D eigenvalue weighted by Crippen LogP contribution is 2.32. The van der Waals surface area contributed by atoms with E-state index in [1.54, 1.807) is 6.07 Å². The van der Waals surface area contributed by atoms with E-state index < -0.39 is 12.1 Å². The second-order valence-corrected chi connectivity index (χ2v) is 4.42. The van der Waals surface area contributed by atoms with Gasteiger partial charge in [-0.15, -0.1) is 0 Å². The molecule has 0 saturated carbocycles. The van der Waals surface area contributed by atoms with Crippen molar-refractivity contribution in [1.82, 2.24) is 0 Å². The number of aromatic carboxylic acids is 1. The lowest BCUT2D eigenvalue weighted by atomic mass is 10.0. The second kappa shape index (κ2) is 5.02. The molecule has 0 bridgehead atoms. The lowest BCUT2D eigenvalue weighted by Gasteiger charge is -2.11. The first kappa shape index (κ1) is 13.0. The molecule has 2 N–H and O–H groups in total. The van der Waals surface area contributed by atoms with Crippen molar-refractivity contribution in [3.05, 3.63) is 57.5 Å². The molecule has 2 rings (SSSR count). The molecule has 6 heteroatoms. The number of benzene rings is 1. The standard InChI is InChI=1S/C12H8Cl2O4/c13-6-1-2-7(9(14)5-6)10(15)11-8(12(16)17)3-4-18-11/h1-5,10,15H,(H,16,17). The van der Waals surface area contributed by atoms with Crippen molar-refractivity contribution in [3.8, 4) is 0 Å². The first-order chi connectivity index (χ1) is 8.50. The third-order valence-electron chi connectivity index (χ3n) is 2.43. The van der Waals surface area contributed by atoms with Crippen LogP contribution < -0.4 is 0 Å². The summed E-state index contributed by atoms with van der Waals surface area (Å²) >= 11 is 11.7. The summed E-state index contributed by atoms with van der Waals surface area (Å²) in [6.45, 7) is 0. The van der Waals surface area contributed by atoms with Crippen LogP contribution >= 0.6 is 23.2 Å². The third-order valence-corrected chi connectivity index (χ3v) is 2.99. The van der Waals surface area contributed by atoms with Crippen molar-refractivity contribution in [3.63, 3.8) is 0 Å². The first-order valence-electron chi connectivity index (χ1n) is 4.94. The molecule has 0 saturated heterocycles. The van der Waals surface area contributed by atoms with Crippen LogP contribution in [0, 0.1) is 0 Å². The molecule has 1 aromatic carbocycles. The van der Waals surface area contributed by atoms with Gasteiger partial charge in [0.15, 0.2) is 5.76 Å². The molecular weight excluding hydrogens is 279 g/mol. The van der Waals surface area contributed by atoms with Crippen LogP contribution in [0.25, 0.3) is 0 Å². The van der Waals surface area contributed by atoms with Gasteiger partial charge in [0.1, 0.15) is 11.7 Å². The number of rotatable bonds is 3. The Morgan fingerprint density at radius 1 is 1.28 bits per heavy atom. The Labute approximate surface area is 112 Å². The maximum absolute atomic E-state index is 10.9. The third kappa shape index (κ3) is 2.36. The molecule has 0 spiro atoms. The van der Waals surface area contributed by atoms with Gasteiger partial charge in [-0.2, -0.15) is 0 Å². The number of aliphatic hydroxyl groups excluding tert-OH is 1. The Bertz CT molecular complexity index is 592. The quantitative estimate of drug-likeness (QED) is 0.908. The molecule has 1 heterocycles. The zero-order chi connectivity index (χ0) is 13.3. The lowest BCUT2D eigenvalue weighted by molar-refractivity contribution is 0.0687. The molecule has 1 unspecified atom stereocenters. The number of furan rings is 1. The van der Waals surface area contributed by atoms with Gasteiger partial charge in [0, 0.05) is 15.6 Å². The van der Waals surface area contributed by atoms with E-state index in [4.69, 9.17) is 32.7 Å². The monoisotopic (exact) mass is 286 g/mol. The molecule has 0 fully saturated rings. The molecule has 4 nitrogen and oxygen atoms in total. The minimum Gasteiger partial charge on any atom is -0.478 e. The van der Waals surface area contributed by atoms with Crippen molar-refractivity contribution >= 4 is 29.2 Å². The van der Waals surface area contributed by atoms with Gasteiger partial charge in [0.2, 0.25) is 0 Å². The van der Waals surface area contributed by atoms with E-state index in [0.717, 1.165) is 0 Å². The summed E-state index contributed by atoms with van der Waals surface area (Å²) in [5.74, 6) is -1.24. The molecule has 0 amide bonds. The molecule has 18 heavy (non-hydrogen) atoms. The van der Waals surface area contributed by atoms with Gasteiger partial charge in [0.25, 0.3) is 0 Å². The summed E-state index contributed by atoms with van der Waals surface area (Å²) in [5, 5.41) is 19.7. The van der Waals surface area contributed by atoms with E-state index in [0.29, 0.717) is 10.6 Å². The van der Waals surface area contributed by atoms with Gasteiger partial charge < -0.3 is 14.6 Å². The summed E-state index contributed by atoms with van der Waals surface area (Å²) in [6, 6.07) is 5.80. The van der Waals surface area contributed by atoms with Crippen LogP contribution in [-0.4, -0.2) is 16.2 Å². The minimum atomic E-state index is -1.25. The Kier molecular flexibility index (Phi) is 3.61. The van der Waals surface area contributed by atoms with Crippen LogP contribution in [0.4, 0.5) is 0 Å². The molecule has 0 aliphatic rings. The number of hydrogen-bond acceptors (Lipinski definition) is 3. The molecular formula is C12H8Cl2O4. The van der Waals surface area contributed by atoms with Gasteiger partial charge in [-0.3, -0.25) is 0 Å². The van der Waals surface area contributed by atoms with Gasteiger partial charge in [-0.1, -0.05) is 29.3 Å². The van der Waals surface area contributed by atoms with Crippen LogP contribution in [0.3, 0.4) is 0 Å². The summed E-state index contributed by atoms with van der Waals surface area (Å²) in [5.41, 5.74) is 0.229. The summed E-state index contributed by atoms with van der Waals surface area (Å²) < 4.78 is 5.00. The largest absolute Gasteiger partial charge is 0.478 e. The average molecular weight is 287 g/mol. The predicted molar refractivity (Wildman–Crippen MR) is 66.2 cm³/mol. The Morgan fingerprint density at radius 3 is 2.61 bits per heavy atom. The van der Waals surface area contributed by atoms with Crippen LogP contribution in [0.5, 0.6) is 0 Å². The SMILES string of the molecule is O=C(O)c1ccoc1C(O)c1ccc(Cl)cc1Cl. The first-order valence-corrected chi connectivity index (χ1v) is 5.70. The smallest absolute Gasteiger partial charge is 0.339 e. The van der Waals surface area contributed by atoms with Gasteiger partial charge >= 0.3 is 5.97 Å². The van der Waals surface area contributed by atoms with Crippen molar-refractivity contribution in [1.29, 1.82) is 0 Å². The minimum absolute atomic E-state index is 0.0632. The van der Waals surface area contributed by atoms with Crippen molar-refractivity contribution in [2.45, 2.75) is 6.10 Å². The van der Waals surface area contributed by atoms with E-state index in [9.17, 15) is 9.90 Å². The maximum atomic E-state index is 10.9. The number of aliphatic hydroxyl groups is 1. The zero-order valence-corrected chi connectivity index (χ0v) is 10.4. The molecule has 2 aromatic rings. The van der Waals surface area contributed by atoms with Gasteiger partial charge in [-0.25, -0.2) is 4.79 Å². The summed E-state index contributed by atoms with van der Waals surface area (Å²) in [6.07, 6.45) is -0.0536. The summed E-state index contributed by atoms with van der Waals surface area (Å²) in [4.78, 5) is 10.9. The molecule has 1 atom stereocenters. The molecule has 0 aliphatic carbocycles. The zero-order valence-electron chi connectivity index (χ0n) is 8.93. The fraction of sp³-hybridized carbons (Fsp3) is 0.0833. The van der Waals surface area contributed by atoms with Crippen LogP contribution in [0.15, 0.2) is 34.9 Å². The fourth-order valence-electron chi connectivity index (χ4n) is 1.57. The van der Waals surface area contributed by atoms with E-state index in [1.165, 1.54) is 24.5 Å². The van der Waals surface area contributed by atoms with E-state index in [-0.39, 0.29) is 16.3 Å². The second-order valence-electron chi connectivity index (χ2n) is 3.57. The molecule has 0 aliphatic heterocycles. The van der Waals surface area contributed by atoms with Gasteiger partial charge in [0.05, 0.1) is 6.26 Å². The molecule has 94 valence electrons. The van der Waals surface area contributed by atoms with Gasteiger partial charge in [-0.05, 0) is 18.2 Å². The Balaban J connectivity index is 2.44. The highest BCUT2D eigenvalue weighted by Gasteiger charge is 2.23. The summed E-state index contributed by atoms with van der Waals surface area (Å²) in [7, 11) is 0. The van der Waals surface area contributed by atoms with E-state index in [2.05, 4.69) is 0 Å². The fourth-order valence-corrected chi connectivity index (χ4v) is 2.09. The van der Waals surface area contributed by atoms with E-state index >= 15 is 0 Å². The number of carboxylic acids is 1. The van der Waals surface area contributed by atoms with Crippen molar-refractivity contribution in [2.75, 3.05) is 0 Å². The lowest BCUT2D eigenvalue weighted by Crippen LogP contribution is -2.06. The normalized spacial score (nSPS) is 12.4. The number of hydrogen-bond donors (Lipinski definition) is 2. The molecule has 1 aromatic heterocycles. The number of halogens is 2. The van der Waals surface area contributed by atoms with Crippen LogP contribution in [-0.2, 0) is 0 Å².